The van der Waals surface area contributed by atoms with Crippen LogP contribution in [-0.4, -0.2) is 229 Å². The Hall–Kier alpha value is -10.7. The predicted octanol–water partition coefficient (Wildman–Crippen LogP) is -3.28. The number of nitrogens with zero attached hydrogens (tertiary/aromatic N) is 16. The molecule has 0 aliphatic heterocycles. The summed E-state index contributed by atoms with van der Waals surface area (Å²) in [6.45, 7) is 1.01. The second-order valence-electron chi connectivity index (χ2n) is 25.3. The van der Waals surface area contributed by atoms with Crippen LogP contribution in [-0.2, 0) is 187 Å². The third kappa shape index (κ3) is 52.9. The third-order valence-corrected chi connectivity index (χ3v) is 17.0. The Morgan fingerprint density at radius 2 is 0.236 bits per heavy atom. The maximum Gasteiger partial charge on any atom is 2.00 e. The first-order valence-electron chi connectivity index (χ1n) is 41.1. The predicted molar refractivity (Wildman–Crippen MR) is 481 cm³/mol. The molecule has 0 atom stereocenters. The Kier molecular flexibility index (Phi) is 95.1. The van der Waals surface area contributed by atoms with Crippen molar-refractivity contribution in [3.05, 3.63) is 292 Å². The minimum atomic E-state index is -0.208. The molecule has 48 heteroatoms. The monoisotopic (exact) mass is 2340 g/mol. The molecule has 0 fully saturated rings. The largest absolute Gasteiger partial charge is 2.00 e. The summed E-state index contributed by atoms with van der Waals surface area (Å²) in [6.07, 6.45) is 13.7. The van der Waals surface area contributed by atoms with E-state index in [-0.39, 0.29) is 233 Å². The van der Waals surface area contributed by atoms with Gasteiger partial charge in [-0.2, -0.15) is 40.8 Å². The standard InChI is InChI=1S/8C11H11N2O2.8CH4O.8Co/c8*14-8-7-13-6-5-10(12-13)9-3-1-2-4-11(9)15;8*1-2;;;;;;;;/h8*1-6,15H,7-8H2;8*2H,1H3;;;;;;;;/q8*-1;;;;;;;;;8*+2/p-8. The first-order chi connectivity index (χ1) is 66.5. The molecule has 8 radical (unpaired) electrons. The molecule has 0 saturated carbocycles. The van der Waals surface area contributed by atoms with Crippen molar-refractivity contribution in [1.82, 2.24) is 78.2 Å². The molecule has 0 bridgehead atoms. The molecule has 0 spiro atoms. The van der Waals surface area contributed by atoms with Crippen LogP contribution >= 0.6 is 0 Å². The number of hydrogen-bond acceptors (Lipinski definition) is 32. The molecule has 0 unspecified atom stereocenters. The van der Waals surface area contributed by atoms with Crippen LogP contribution in [0.5, 0.6) is 46.0 Å². The Bertz CT molecular complexity index is 4710. The Morgan fingerprint density at radius 3 is 0.312 bits per heavy atom. The van der Waals surface area contributed by atoms with Crippen molar-refractivity contribution in [3.8, 4) is 136 Å². The van der Waals surface area contributed by atoms with Crippen LogP contribution in [0.3, 0.4) is 0 Å². The number of hydrogen-bond donors (Lipinski definition) is 8. The van der Waals surface area contributed by atoms with E-state index in [1.165, 1.54) is 48.5 Å². The normalized spacial score (nSPS) is 9.06. The molecule has 792 valence electrons. The van der Waals surface area contributed by atoms with Crippen LogP contribution in [0.25, 0.3) is 90.1 Å². The molecule has 0 aliphatic carbocycles. The van der Waals surface area contributed by atoms with E-state index in [2.05, 4.69) is 40.8 Å². The van der Waals surface area contributed by atoms with Crippen LogP contribution in [0.2, 0.25) is 0 Å². The number of aliphatic hydroxyl groups excluding tert-OH is 8. The molecule has 0 amide bonds. The van der Waals surface area contributed by atoms with E-state index in [0.717, 1.165) is 56.9 Å². The molecular weight excluding hydrogens is 2230 g/mol. The minimum absolute atomic E-state index is 0. The maximum atomic E-state index is 11.5. The van der Waals surface area contributed by atoms with E-state index in [1.54, 1.807) is 281 Å². The average Bonchev–Trinajstić information content (AvgIpc) is 1.76. The summed E-state index contributed by atoms with van der Waals surface area (Å²) in [5, 5.41) is 264. The van der Waals surface area contributed by atoms with Gasteiger partial charge in [0.15, 0.2) is 0 Å². The van der Waals surface area contributed by atoms with E-state index >= 15 is 0 Å². The smallest absolute Gasteiger partial charge is 0.872 e. The van der Waals surface area contributed by atoms with Crippen LogP contribution in [0.4, 0.5) is 0 Å². The van der Waals surface area contributed by atoms with Crippen molar-refractivity contribution in [3.63, 3.8) is 0 Å². The van der Waals surface area contributed by atoms with Gasteiger partial charge < -0.3 is 123 Å². The Morgan fingerprint density at radius 1 is 0.153 bits per heavy atom. The van der Waals surface area contributed by atoms with Crippen LogP contribution in [0.15, 0.2) is 292 Å². The molecule has 0 aliphatic rings. The van der Waals surface area contributed by atoms with E-state index in [4.69, 9.17) is 40.9 Å². The summed E-state index contributed by atoms with van der Waals surface area (Å²) in [5.74, 6) is -0.408. The molecule has 8 heterocycles. The molecular formula is C96H112Co8N16O24. The van der Waals surface area contributed by atoms with Gasteiger partial charge in [0, 0.05) is 159 Å². The van der Waals surface area contributed by atoms with Gasteiger partial charge in [-0.15, -0.1) is 52.9 Å². The Labute approximate surface area is 918 Å². The van der Waals surface area contributed by atoms with Crippen molar-refractivity contribution < 1.29 is 257 Å². The first kappa shape index (κ1) is 149. The quantitative estimate of drug-likeness (QED) is 0.0294. The van der Waals surface area contributed by atoms with Crippen molar-refractivity contribution >= 4 is 0 Å². The van der Waals surface area contributed by atoms with E-state index in [0.29, 0.717) is 142 Å². The number of rotatable bonds is 24. The summed E-state index contributed by atoms with van der Waals surface area (Å²) >= 11 is 0. The van der Waals surface area contributed by atoms with E-state index < -0.39 is 0 Å². The zero-order chi connectivity index (χ0) is 101. The van der Waals surface area contributed by atoms with E-state index in [9.17, 15) is 81.7 Å². The summed E-state index contributed by atoms with van der Waals surface area (Å²) in [4.78, 5) is 0. The summed E-state index contributed by atoms with van der Waals surface area (Å²) in [5.41, 5.74) is 9.53. The molecule has 16 rings (SSSR count). The van der Waals surface area contributed by atoms with Crippen molar-refractivity contribution in [2.75, 3.05) is 110 Å². The van der Waals surface area contributed by atoms with Crippen molar-refractivity contribution in [2.24, 2.45) is 0 Å². The fourth-order valence-corrected chi connectivity index (χ4v) is 11.2. The fourth-order valence-electron chi connectivity index (χ4n) is 11.2. The van der Waals surface area contributed by atoms with Crippen LogP contribution in [0, 0.1) is 0 Å². The fraction of sp³-hybridized carbons (Fsp3) is 0.250. The molecule has 8 aromatic heterocycles. The SMILES string of the molecule is CO.CO.CO.CO.CO.CO.CO.CO.[Co+2].[Co+2].[Co+2].[Co+2].[Co+2].[Co+2].[Co+2].[Co+2].[O-]CCn1ccc(-c2ccccc2[O-])n1.[O-]CCn1ccc(-c2ccccc2[O-])n1.[O-]CCn1ccc(-c2ccccc2[O-])n1.[O-]CCn1ccc(-c2ccccc2[O-])n1.[O-]CCn1ccc(-c2ccccc2[O-])n1.[O-]CCn1ccc(-c2ccccc2[O-])n1.[O-]CCn1ccc(-c2ccccc2[O-])n1.[O-]CCn1ccc(-c2ccccc2[O-])n1. The van der Waals surface area contributed by atoms with Gasteiger partial charge in [-0.25, -0.2) is 0 Å². The summed E-state index contributed by atoms with van der Waals surface area (Å²) in [6, 6.07) is 67.7. The first-order valence-corrected chi connectivity index (χ1v) is 41.1. The zero-order valence-electron chi connectivity index (χ0n) is 79.0. The summed E-state index contributed by atoms with van der Waals surface area (Å²) < 4.78 is 12.4. The minimum Gasteiger partial charge on any atom is -0.872 e. The van der Waals surface area contributed by atoms with Gasteiger partial charge in [-0.3, -0.25) is 37.5 Å². The van der Waals surface area contributed by atoms with Gasteiger partial charge in [0.05, 0.1) is 45.6 Å². The van der Waals surface area contributed by atoms with Crippen molar-refractivity contribution in [1.29, 1.82) is 0 Å². The summed E-state index contributed by atoms with van der Waals surface area (Å²) in [7, 11) is 8.00. The van der Waals surface area contributed by atoms with Crippen LogP contribution in [0.1, 0.15) is 0 Å². The Balaban J connectivity index is -0.000000238. The second-order valence-corrected chi connectivity index (χ2v) is 25.3. The molecule has 16 aromatic rings. The maximum absolute atomic E-state index is 11.5. The molecule has 0 saturated heterocycles. The number of benzene rings is 8. The molecule has 8 aromatic carbocycles. The van der Waals surface area contributed by atoms with Gasteiger partial charge in [0.2, 0.25) is 0 Å². The number of aliphatic hydroxyl groups is 8. The molecule has 144 heavy (non-hydrogen) atoms. The van der Waals surface area contributed by atoms with Gasteiger partial charge in [-0.05, 0) is 93.0 Å². The van der Waals surface area contributed by atoms with Gasteiger partial charge in [-0.1, -0.05) is 240 Å². The topological polar surface area (TPSA) is 673 Å². The van der Waals surface area contributed by atoms with E-state index in [1.807, 2.05) is 0 Å². The van der Waals surface area contributed by atoms with Crippen LogP contribution < -0.4 is 81.7 Å². The van der Waals surface area contributed by atoms with Gasteiger partial charge >= 0.3 is 134 Å². The third-order valence-electron chi connectivity index (χ3n) is 17.0. The molecule has 8 N–H and O–H groups in total. The van der Waals surface area contributed by atoms with Gasteiger partial charge in [0.1, 0.15) is 0 Å². The zero-order valence-corrected chi connectivity index (χ0v) is 87.3. The second kappa shape index (κ2) is 92.1. The average molecular weight is 2350 g/mol. The number of aromatic nitrogens is 16. The van der Waals surface area contributed by atoms with Crippen molar-refractivity contribution in [2.45, 2.75) is 52.4 Å². The molecule has 40 nitrogen and oxygen atoms in total. The number of para-hydroxylation sites is 8. The van der Waals surface area contributed by atoms with Gasteiger partial charge in [0.25, 0.3) is 0 Å².